The zero-order valence-electron chi connectivity index (χ0n) is 36.7. The number of aromatic hydroxyl groups is 10. The number of hydrogen-bond donors (Lipinski definition) is 10. The molecule has 0 spiro atoms. The first kappa shape index (κ1) is 47.9. The lowest BCUT2D eigenvalue weighted by Gasteiger charge is -2.09. The second-order valence-electron chi connectivity index (χ2n) is 16.0. The molecule has 12 rings (SSSR count). The highest BCUT2D eigenvalue weighted by molar-refractivity contribution is 9.11. The van der Waals surface area contributed by atoms with E-state index >= 15 is 0 Å². The molecule has 12 aromatic rings. The van der Waals surface area contributed by atoms with Gasteiger partial charge in [-0.15, -0.1) is 0 Å². The van der Waals surface area contributed by atoms with Crippen molar-refractivity contribution in [1.29, 1.82) is 0 Å². The fourth-order valence-corrected chi connectivity index (χ4v) is 9.11. The van der Waals surface area contributed by atoms with Crippen molar-refractivity contribution >= 4 is 107 Å². The molecule has 0 saturated heterocycles. The average Bonchev–Trinajstić information content (AvgIpc) is 3.35. The number of rotatable bonds is 0. The van der Waals surface area contributed by atoms with Crippen LogP contribution in [0.1, 0.15) is 0 Å². The minimum absolute atomic E-state index is 0.0753. The molecule has 0 amide bonds. The van der Waals surface area contributed by atoms with E-state index < -0.39 is 0 Å². The Kier molecular flexibility index (Phi) is 14.2. The maximum Gasteiger partial charge on any atom is 0.158 e. The maximum atomic E-state index is 9.45. The first-order valence-electron chi connectivity index (χ1n) is 21.4. The molecule has 0 saturated carbocycles. The molecular formula is C58H42Br2O10. The molecule has 0 aliphatic rings. The Morgan fingerprint density at radius 3 is 0.586 bits per heavy atom. The molecule has 0 aliphatic heterocycles. The van der Waals surface area contributed by atoms with Gasteiger partial charge in [-0.2, -0.15) is 0 Å². The molecule has 0 bridgehead atoms. The SMILES string of the molecule is Brc1c2ccccc2c(Br)c2ccccc12.Oc1cc2cc3cc(O)c(O)cc3cc2cc1O.Oc1cc2cc3ccccc3cc2cc1O.Oc1cc2ccccc2cc1O.Oc1ccccc1O. The van der Waals surface area contributed by atoms with Crippen LogP contribution in [-0.2, 0) is 0 Å². The summed E-state index contributed by atoms with van der Waals surface area (Å²) >= 11 is 7.39. The van der Waals surface area contributed by atoms with Crippen LogP contribution < -0.4 is 0 Å². The Balaban J connectivity index is 0.000000120. The van der Waals surface area contributed by atoms with E-state index in [2.05, 4.69) is 80.4 Å². The van der Waals surface area contributed by atoms with Gasteiger partial charge in [0.2, 0.25) is 0 Å². The summed E-state index contributed by atoms with van der Waals surface area (Å²) in [5, 5.41) is 106. The second-order valence-corrected chi connectivity index (χ2v) is 17.6. The Morgan fingerprint density at radius 2 is 0.357 bits per heavy atom. The van der Waals surface area contributed by atoms with E-state index in [0.717, 1.165) is 53.9 Å². The van der Waals surface area contributed by atoms with Crippen molar-refractivity contribution in [3.05, 3.63) is 203 Å². The average molecular weight is 1060 g/mol. The minimum Gasteiger partial charge on any atom is -0.504 e. The van der Waals surface area contributed by atoms with Gasteiger partial charge < -0.3 is 51.1 Å². The number of phenolic OH excluding ortho intramolecular Hbond substituents is 10. The van der Waals surface area contributed by atoms with Crippen molar-refractivity contribution < 1.29 is 51.1 Å². The van der Waals surface area contributed by atoms with E-state index in [1.807, 2.05) is 60.7 Å². The summed E-state index contributed by atoms with van der Waals surface area (Å²) in [4.78, 5) is 0. The summed E-state index contributed by atoms with van der Waals surface area (Å²) in [5.41, 5.74) is 0. The van der Waals surface area contributed by atoms with Crippen LogP contribution in [0.4, 0.5) is 0 Å². The highest BCUT2D eigenvalue weighted by Gasteiger charge is 2.10. The summed E-state index contributed by atoms with van der Waals surface area (Å²) in [6, 6.07) is 58.1. The van der Waals surface area contributed by atoms with Gasteiger partial charge in [0, 0.05) is 8.95 Å². The zero-order chi connectivity index (χ0) is 49.6. The number of hydrogen-bond acceptors (Lipinski definition) is 10. The standard InChI is InChI=1S/C14H8Br2.C14H10O4.C14H10O2.C10H8O2.C6H6O2/c15-13-9-5-1-2-6-10(9)14(16)12-8-4-3-7-11(12)13;15-11-3-7-1-8-4-12(16)14(18)6-10(8)2-9(7)5-13(11)17;15-13-7-11-5-9-3-1-2-4-10(9)6-12(11)8-14(13)16;11-9-5-7-3-1-2-4-8(7)6-10(9)12;7-5-3-1-2-4-6(5)8/h1-8H;1-6,15-18H;1-8,15-16H;1-6,11-12H;1-4,7-8H. The van der Waals surface area contributed by atoms with Crippen LogP contribution in [0.2, 0.25) is 0 Å². The maximum absolute atomic E-state index is 9.45. The van der Waals surface area contributed by atoms with Crippen molar-refractivity contribution in [2.75, 3.05) is 0 Å². The van der Waals surface area contributed by atoms with Gasteiger partial charge in [0.05, 0.1) is 0 Å². The smallest absolute Gasteiger partial charge is 0.158 e. The quantitative estimate of drug-likeness (QED) is 0.0514. The number of benzene rings is 12. The first-order valence-corrected chi connectivity index (χ1v) is 23.0. The van der Waals surface area contributed by atoms with Crippen LogP contribution in [-0.4, -0.2) is 51.1 Å². The second kappa shape index (κ2) is 20.7. The van der Waals surface area contributed by atoms with E-state index in [1.54, 1.807) is 48.5 Å². The van der Waals surface area contributed by atoms with Gasteiger partial charge in [-0.3, -0.25) is 0 Å². The van der Waals surface area contributed by atoms with Crippen molar-refractivity contribution in [2.24, 2.45) is 0 Å². The van der Waals surface area contributed by atoms with E-state index in [-0.39, 0.29) is 57.5 Å². The monoisotopic (exact) mass is 1060 g/mol. The lowest BCUT2D eigenvalue weighted by Crippen LogP contribution is -1.81. The molecule has 0 fully saturated rings. The van der Waals surface area contributed by atoms with Gasteiger partial charge >= 0.3 is 0 Å². The number of phenols is 10. The van der Waals surface area contributed by atoms with Crippen molar-refractivity contribution in [2.45, 2.75) is 0 Å². The van der Waals surface area contributed by atoms with Crippen molar-refractivity contribution in [3.63, 3.8) is 0 Å². The van der Waals surface area contributed by atoms with E-state index in [4.69, 9.17) is 20.4 Å². The number of fused-ring (bicyclic) bond motifs is 7. The van der Waals surface area contributed by atoms with Crippen LogP contribution in [0.5, 0.6) is 57.5 Å². The van der Waals surface area contributed by atoms with E-state index in [9.17, 15) is 30.6 Å². The molecular weight excluding hydrogens is 1020 g/mol. The Bertz CT molecular complexity index is 3530. The van der Waals surface area contributed by atoms with Crippen LogP contribution in [0, 0.1) is 0 Å². The predicted octanol–water partition coefficient (Wildman–Crippen LogP) is 15.1. The van der Waals surface area contributed by atoms with Gasteiger partial charge in [0.1, 0.15) is 0 Å². The fraction of sp³-hybridized carbons (Fsp3) is 0. The Labute approximate surface area is 416 Å². The van der Waals surface area contributed by atoms with Crippen LogP contribution >= 0.6 is 31.9 Å². The fourth-order valence-electron chi connectivity index (χ4n) is 7.72. The molecule has 348 valence electrons. The lowest BCUT2D eigenvalue weighted by atomic mass is 10.0. The predicted molar refractivity (Wildman–Crippen MR) is 287 cm³/mol. The van der Waals surface area contributed by atoms with Crippen molar-refractivity contribution in [1.82, 2.24) is 0 Å². The van der Waals surface area contributed by atoms with Gasteiger partial charge in [0.25, 0.3) is 0 Å². The van der Waals surface area contributed by atoms with Gasteiger partial charge in [0.15, 0.2) is 57.5 Å². The third kappa shape index (κ3) is 10.6. The largest absolute Gasteiger partial charge is 0.504 e. The Hall–Kier alpha value is -8.58. The van der Waals surface area contributed by atoms with Gasteiger partial charge in [-0.05, 0) is 192 Å². The molecule has 12 heteroatoms. The third-order valence-corrected chi connectivity index (χ3v) is 13.0. The van der Waals surface area contributed by atoms with E-state index in [0.29, 0.717) is 0 Å². The molecule has 0 atom stereocenters. The molecule has 0 unspecified atom stereocenters. The van der Waals surface area contributed by atoms with Crippen molar-refractivity contribution in [3.8, 4) is 57.5 Å². The molecule has 12 aromatic carbocycles. The summed E-state index contributed by atoms with van der Waals surface area (Å²) < 4.78 is 2.34. The van der Waals surface area contributed by atoms with Gasteiger partial charge in [-0.1, -0.05) is 109 Å². The normalized spacial score (nSPS) is 10.7. The molecule has 10 N–H and O–H groups in total. The third-order valence-electron chi connectivity index (χ3n) is 11.3. The highest BCUT2D eigenvalue weighted by Crippen LogP contribution is 2.40. The zero-order valence-corrected chi connectivity index (χ0v) is 39.9. The molecule has 0 heterocycles. The van der Waals surface area contributed by atoms with Gasteiger partial charge in [-0.25, -0.2) is 0 Å². The summed E-state index contributed by atoms with van der Waals surface area (Å²) in [6.45, 7) is 0. The first-order chi connectivity index (χ1) is 33.6. The van der Waals surface area contributed by atoms with E-state index in [1.165, 1.54) is 66.9 Å². The minimum atomic E-state index is -0.190. The lowest BCUT2D eigenvalue weighted by molar-refractivity contribution is 0.404. The molecule has 10 nitrogen and oxygen atoms in total. The van der Waals surface area contributed by atoms with Crippen LogP contribution in [0.15, 0.2) is 203 Å². The number of halogens is 2. The van der Waals surface area contributed by atoms with Crippen LogP contribution in [0.25, 0.3) is 75.4 Å². The highest BCUT2D eigenvalue weighted by atomic mass is 79.9. The summed E-state index contributed by atoms with van der Waals surface area (Å²) in [5.74, 6) is -1.22. The molecule has 0 aromatic heterocycles. The summed E-state index contributed by atoms with van der Waals surface area (Å²) in [6.07, 6.45) is 0. The number of para-hydroxylation sites is 2. The molecule has 0 radical (unpaired) electrons. The Morgan fingerprint density at radius 1 is 0.186 bits per heavy atom. The topological polar surface area (TPSA) is 202 Å². The molecule has 0 aliphatic carbocycles. The molecule has 70 heavy (non-hydrogen) atoms. The van der Waals surface area contributed by atoms with Crippen LogP contribution in [0.3, 0.4) is 0 Å². The summed E-state index contributed by atoms with van der Waals surface area (Å²) in [7, 11) is 0.